The zero-order chi connectivity index (χ0) is 20.0. The van der Waals surface area contributed by atoms with Crippen LogP contribution in [0.4, 0.5) is 9.59 Å². The van der Waals surface area contributed by atoms with Gasteiger partial charge in [0.2, 0.25) is 0 Å². The quantitative estimate of drug-likeness (QED) is 0.806. The number of carbonyl (C=O) groups is 2. The lowest BCUT2D eigenvalue weighted by atomic mass is 10.1. The van der Waals surface area contributed by atoms with Crippen LogP contribution in [0, 0.1) is 0 Å². The van der Waals surface area contributed by atoms with E-state index >= 15 is 0 Å². The third-order valence-electron chi connectivity index (χ3n) is 4.08. The Labute approximate surface area is 159 Å². The molecule has 1 saturated heterocycles. The summed E-state index contributed by atoms with van der Waals surface area (Å²) in [7, 11) is 1.34. The number of amides is 2. The molecule has 1 aromatic rings. The van der Waals surface area contributed by atoms with Gasteiger partial charge in [0.25, 0.3) is 0 Å². The molecule has 8 heteroatoms. The summed E-state index contributed by atoms with van der Waals surface area (Å²) in [5, 5.41) is 10.2. The van der Waals surface area contributed by atoms with Gasteiger partial charge in [-0.25, -0.2) is 9.59 Å². The van der Waals surface area contributed by atoms with Crippen LogP contribution < -0.4 is 0 Å². The fraction of sp³-hybridized carbons (Fsp3) is 0.579. The molecule has 1 unspecified atom stereocenters. The Morgan fingerprint density at radius 2 is 1.85 bits per heavy atom. The zero-order valence-electron chi connectivity index (χ0n) is 16.3. The first-order valence-electron chi connectivity index (χ1n) is 8.87. The molecule has 2 atom stereocenters. The van der Waals surface area contributed by atoms with E-state index in [9.17, 15) is 14.7 Å². The lowest BCUT2D eigenvalue weighted by molar-refractivity contribution is -0.137. The van der Waals surface area contributed by atoms with Crippen LogP contribution in [0.5, 0.6) is 0 Å². The highest BCUT2D eigenvalue weighted by atomic mass is 16.6. The largest absolute Gasteiger partial charge is 0.445 e. The zero-order valence-corrected chi connectivity index (χ0v) is 16.3. The van der Waals surface area contributed by atoms with Gasteiger partial charge in [0.05, 0.1) is 0 Å². The van der Waals surface area contributed by atoms with E-state index in [2.05, 4.69) is 0 Å². The van der Waals surface area contributed by atoms with Crippen molar-refractivity contribution in [1.82, 2.24) is 9.80 Å². The highest BCUT2D eigenvalue weighted by Gasteiger charge is 2.39. The van der Waals surface area contributed by atoms with E-state index in [1.165, 1.54) is 16.9 Å². The number of methoxy groups -OCH3 is 1. The minimum absolute atomic E-state index is 0.0852. The van der Waals surface area contributed by atoms with Crippen molar-refractivity contribution in [3.05, 3.63) is 35.9 Å². The van der Waals surface area contributed by atoms with Gasteiger partial charge in [-0.2, -0.15) is 0 Å². The maximum atomic E-state index is 12.4. The number of nitrogens with zero attached hydrogens (tertiary/aromatic N) is 2. The van der Waals surface area contributed by atoms with Crippen molar-refractivity contribution in [2.24, 2.45) is 0 Å². The minimum atomic E-state index is -1.25. The van der Waals surface area contributed by atoms with Gasteiger partial charge in [0.1, 0.15) is 18.2 Å². The fourth-order valence-electron chi connectivity index (χ4n) is 2.73. The summed E-state index contributed by atoms with van der Waals surface area (Å²) in [5.41, 5.74) is 0.220. The summed E-state index contributed by atoms with van der Waals surface area (Å²) < 4.78 is 15.7. The van der Waals surface area contributed by atoms with Gasteiger partial charge < -0.3 is 24.2 Å². The van der Waals surface area contributed by atoms with E-state index < -0.39 is 30.1 Å². The van der Waals surface area contributed by atoms with Gasteiger partial charge in [-0.05, 0) is 26.3 Å². The summed E-state index contributed by atoms with van der Waals surface area (Å²) in [6.07, 6.45) is -2.31. The smallest absolute Gasteiger partial charge is 0.410 e. The molecular formula is C19H28N2O6. The van der Waals surface area contributed by atoms with Gasteiger partial charge in [0.15, 0.2) is 6.29 Å². The normalized spacial score (nSPS) is 18.8. The lowest BCUT2D eigenvalue weighted by Crippen LogP contribution is -2.61. The van der Waals surface area contributed by atoms with Crippen molar-refractivity contribution in [3.8, 4) is 0 Å². The van der Waals surface area contributed by atoms with Crippen LogP contribution in [-0.4, -0.2) is 71.8 Å². The predicted octanol–water partition coefficient (Wildman–Crippen LogP) is 2.21. The van der Waals surface area contributed by atoms with Crippen molar-refractivity contribution in [1.29, 1.82) is 0 Å². The molecular weight excluding hydrogens is 352 g/mol. The predicted molar refractivity (Wildman–Crippen MR) is 97.9 cm³/mol. The molecule has 1 aliphatic rings. The molecule has 0 spiro atoms. The molecule has 1 aliphatic heterocycles. The Kier molecular flexibility index (Phi) is 7.04. The van der Waals surface area contributed by atoms with E-state index in [0.717, 1.165) is 5.56 Å². The second-order valence-electron chi connectivity index (χ2n) is 7.35. The lowest BCUT2D eigenvalue weighted by Gasteiger charge is -2.42. The summed E-state index contributed by atoms with van der Waals surface area (Å²) in [4.78, 5) is 27.7. The van der Waals surface area contributed by atoms with Gasteiger partial charge in [0, 0.05) is 26.7 Å². The molecule has 1 N–H and O–H groups in total. The Hall–Kier alpha value is -2.32. The molecule has 2 amide bonds. The Bertz CT molecular complexity index is 631. The average molecular weight is 380 g/mol. The van der Waals surface area contributed by atoms with E-state index in [1.54, 1.807) is 20.8 Å². The Morgan fingerprint density at radius 3 is 2.44 bits per heavy atom. The first-order chi connectivity index (χ1) is 12.7. The number of rotatable bonds is 4. The van der Waals surface area contributed by atoms with Crippen LogP contribution in [0.1, 0.15) is 26.3 Å². The van der Waals surface area contributed by atoms with E-state index in [1.807, 2.05) is 30.3 Å². The first-order valence-corrected chi connectivity index (χ1v) is 8.87. The maximum absolute atomic E-state index is 12.4. The first kappa shape index (κ1) is 21.0. The molecule has 0 aliphatic carbocycles. The molecule has 0 aromatic heterocycles. The van der Waals surface area contributed by atoms with Crippen LogP contribution in [0.25, 0.3) is 0 Å². The number of piperazine rings is 1. The van der Waals surface area contributed by atoms with Crippen LogP contribution in [-0.2, 0) is 20.8 Å². The van der Waals surface area contributed by atoms with Crippen molar-refractivity contribution >= 4 is 12.2 Å². The summed E-state index contributed by atoms with van der Waals surface area (Å²) >= 11 is 0. The average Bonchev–Trinajstić information content (AvgIpc) is 2.64. The van der Waals surface area contributed by atoms with E-state index in [4.69, 9.17) is 14.2 Å². The monoisotopic (exact) mass is 380 g/mol. The topological polar surface area (TPSA) is 88.5 Å². The molecule has 1 fully saturated rings. The Balaban J connectivity index is 1.99. The summed E-state index contributed by atoms with van der Waals surface area (Å²) in [5.74, 6) is 0. The highest BCUT2D eigenvalue weighted by molar-refractivity contribution is 5.71. The number of hydrogen-bond donors (Lipinski definition) is 1. The number of ether oxygens (including phenoxy) is 3. The van der Waals surface area contributed by atoms with Crippen LogP contribution in [0.3, 0.4) is 0 Å². The summed E-state index contributed by atoms with van der Waals surface area (Å²) in [6.45, 7) is 6.03. The van der Waals surface area contributed by atoms with Crippen molar-refractivity contribution < 1.29 is 28.9 Å². The third-order valence-corrected chi connectivity index (χ3v) is 4.08. The molecule has 1 aromatic carbocycles. The molecule has 1 heterocycles. The third kappa shape index (κ3) is 6.11. The second-order valence-corrected chi connectivity index (χ2v) is 7.35. The van der Waals surface area contributed by atoms with Gasteiger partial charge in [-0.15, -0.1) is 0 Å². The van der Waals surface area contributed by atoms with Crippen LogP contribution in [0.15, 0.2) is 30.3 Å². The van der Waals surface area contributed by atoms with E-state index in [-0.39, 0.29) is 26.2 Å². The molecule has 150 valence electrons. The fourth-order valence-corrected chi connectivity index (χ4v) is 2.73. The number of benzene rings is 1. The number of carbonyl (C=O) groups excluding carboxylic acids is 2. The maximum Gasteiger partial charge on any atom is 0.410 e. The second kappa shape index (κ2) is 9.05. The van der Waals surface area contributed by atoms with Crippen molar-refractivity contribution in [2.45, 2.75) is 45.3 Å². The molecule has 0 saturated carbocycles. The molecule has 0 radical (unpaired) electrons. The molecule has 2 rings (SSSR count). The van der Waals surface area contributed by atoms with E-state index in [0.29, 0.717) is 0 Å². The number of aliphatic hydroxyl groups excluding tert-OH is 1. The van der Waals surface area contributed by atoms with Crippen LogP contribution in [0.2, 0.25) is 0 Å². The van der Waals surface area contributed by atoms with Crippen molar-refractivity contribution in [3.63, 3.8) is 0 Å². The van der Waals surface area contributed by atoms with Crippen molar-refractivity contribution in [2.75, 3.05) is 26.7 Å². The SMILES string of the molecule is COC(O)[C@H]1CN(C(=O)OCc2ccccc2)CCN1C(=O)OC(C)(C)C. The minimum Gasteiger partial charge on any atom is -0.445 e. The molecule has 27 heavy (non-hydrogen) atoms. The molecule has 0 bridgehead atoms. The number of hydrogen-bond acceptors (Lipinski definition) is 6. The summed E-state index contributed by atoms with van der Waals surface area (Å²) in [6, 6.07) is 8.61. The van der Waals surface area contributed by atoms with Gasteiger partial charge in [-0.1, -0.05) is 30.3 Å². The highest BCUT2D eigenvalue weighted by Crippen LogP contribution is 2.19. The number of aliphatic hydroxyl groups is 1. The van der Waals surface area contributed by atoms with Gasteiger partial charge >= 0.3 is 12.2 Å². The molecule has 8 nitrogen and oxygen atoms in total. The Morgan fingerprint density at radius 1 is 1.19 bits per heavy atom. The standard InChI is InChI=1S/C19H28N2O6/c1-19(2,3)27-18(24)21-11-10-20(12-15(21)16(22)25-4)17(23)26-13-14-8-6-5-7-9-14/h5-9,15-16,22H,10-13H2,1-4H3/t15-,16?/m1/s1. The van der Waals surface area contributed by atoms with Crippen LogP contribution >= 0.6 is 0 Å². The van der Waals surface area contributed by atoms with Gasteiger partial charge in [-0.3, -0.25) is 4.90 Å².